The molecule has 0 aliphatic heterocycles. The Hall–Kier alpha value is -2.65. The molecule has 162 valence electrons. The van der Waals surface area contributed by atoms with Crippen LogP contribution in [-0.4, -0.2) is 33.3 Å². The summed E-state index contributed by atoms with van der Waals surface area (Å²) in [4.78, 5) is 44.6. The Morgan fingerprint density at radius 1 is 1.23 bits per heavy atom. The largest absolute Gasteiger partial charge is 0.338 e. The Morgan fingerprint density at radius 2 is 1.97 bits per heavy atom. The van der Waals surface area contributed by atoms with Gasteiger partial charge in [-0.15, -0.1) is 11.3 Å². The molecule has 0 fully saturated rings. The number of thiophene rings is 1. The summed E-state index contributed by atoms with van der Waals surface area (Å²) >= 11 is 2.76. The van der Waals surface area contributed by atoms with E-state index in [9.17, 15) is 14.4 Å². The molecule has 0 saturated heterocycles. The van der Waals surface area contributed by atoms with E-state index in [4.69, 9.17) is 4.98 Å². The van der Waals surface area contributed by atoms with E-state index in [1.807, 2.05) is 30.3 Å². The van der Waals surface area contributed by atoms with Crippen molar-refractivity contribution < 1.29 is 9.59 Å². The van der Waals surface area contributed by atoms with Crippen LogP contribution >= 0.6 is 23.1 Å². The van der Waals surface area contributed by atoms with Crippen LogP contribution in [0, 0.1) is 0 Å². The van der Waals surface area contributed by atoms with Gasteiger partial charge in [0.05, 0.1) is 16.3 Å². The third-order valence-corrected chi connectivity index (χ3v) is 7.44. The number of carbonyl (C=O) groups excluding carboxylic acids is 2. The number of amides is 3. The van der Waals surface area contributed by atoms with E-state index in [0.29, 0.717) is 22.8 Å². The van der Waals surface area contributed by atoms with E-state index in [1.165, 1.54) is 16.6 Å². The Balaban J connectivity index is 1.78. The Kier molecular flexibility index (Phi) is 6.43. The minimum Gasteiger partial charge on any atom is -0.338 e. The van der Waals surface area contributed by atoms with Gasteiger partial charge in [-0.05, 0) is 57.2 Å². The second-order valence-electron chi connectivity index (χ2n) is 7.37. The quantitative estimate of drug-likeness (QED) is 0.452. The number of nitrogens with zero attached hydrogens (tertiary/aromatic N) is 2. The molecule has 31 heavy (non-hydrogen) atoms. The zero-order chi connectivity index (χ0) is 22.0. The molecule has 1 unspecified atom stereocenters. The minimum absolute atomic E-state index is 0.102. The molecule has 2 N–H and O–H groups in total. The van der Waals surface area contributed by atoms with E-state index < -0.39 is 17.2 Å². The molecule has 2 heterocycles. The van der Waals surface area contributed by atoms with Gasteiger partial charge < -0.3 is 5.32 Å². The van der Waals surface area contributed by atoms with Crippen molar-refractivity contribution >= 4 is 45.3 Å². The lowest BCUT2D eigenvalue weighted by atomic mass is 9.97. The smallest absolute Gasteiger partial charge is 0.321 e. The molecule has 7 nitrogen and oxygen atoms in total. The summed E-state index contributed by atoms with van der Waals surface area (Å²) in [6, 6.07) is 8.81. The Labute approximate surface area is 188 Å². The van der Waals surface area contributed by atoms with Crippen molar-refractivity contribution in [1.29, 1.82) is 0 Å². The van der Waals surface area contributed by atoms with Crippen LogP contribution in [0.1, 0.15) is 37.1 Å². The number of hydrogen-bond acceptors (Lipinski definition) is 6. The van der Waals surface area contributed by atoms with Gasteiger partial charge in [-0.3, -0.25) is 19.5 Å². The number of imide groups is 1. The highest BCUT2D eigenvalue weighted by atomic mass is 32.2. The molecular weight excluding hydrogens is 432 g/mol. The second kappa shape index (κ2) is 9.23. The number of thioether (sulfide) groups is 1. The first-order chi connectivity index (χ1) is 15.0. The number of urea groups is 1. The van der Waals surface area contributed by atoms with Crippen molar-refractivity contribution in [3.05, 3.63) is 51.1 Å². The average Bonchev–Trinajstić information content (AvgIpc) is 3.13. The Bertz CT molecular complexity index is 1190. The molecule has 1 aromatic carbocycles. The van der Waals surface area contributed by atoms with Crippen molar-refractivity contribution in [2.75, 3.05) is 6.54 Å². The van der Waals surface area contributed by atoms with Crippen LogP contribution in [0.25, 0.3) is 15.9 Å². The highest BCUT2D eigenvalue weighted by molar-refractivity contribution is 8.00. The first-order valence-corrected chi connectivity index (χ1v) is 12.1. The molecule has 0 spiro atoms. The summed E-state index contributed by atoms with van der Waals surface area (Å²) in [5.41, 5.74) is 1.73. The summed E-state index contributed by atoms with van der Waals surface area (Å²) in [5, 5.41) is 5.41. The van der Waals surface area contributed by atoms with Gasteiger partial charge in [0, 0.05) is 11.4 Å². The van der Waals surface area contributed by atoms with Crippen LogP contribution in [0.2, 0.25) is 0 Å². The number of nitrogens with one attached hydrogen (secondary N) is 2. The van der Waals surface area contributed by atoms with Gasteiger partial charge in [0.1, 0.15) is 4.83 Å². The first-order valence-electron chi connectivity index (χ1n) is 10.4. The average molecular weight is 457 g/mol. The highest BCUT2D eigenvalue weighted by Crippen LogP contribution is 2.35. The SMILES string of the molecule is CCNC(=O)NC(=O)C(C)Sc1nc2sc3c(c2c(=O)n1-c1ccccc1)CCCC3. The molecule has 1 atom stereocenters. The fourth-order valence-corrected chi connectivity index (χ4v) is 5.93. The van der Waals surface area contributed by atoms with Gasteiger partial charge in [0.15, 0.2) is 5.16 Å². The Morgan fingerprint density at radius 3 is 2.71 bits per heavy atom. The lowest BCUT2D eigenvalue weighted by Crippen LogP contribution is -2.42. The zero-order valence-corrected chi connectivity index (χ0v) is 19.1. The third-order valence-electron chi connectivity index (χ3n) is 5.20. The number of hydrogen-bond donors (Lipinski definition) is 2. The number of para-hydroxylation sites is 1. The fraction of sp³-hybridized carbons (Fsp3) is 0.364. The predicted octanol–water partition coefficient (Wildman–Crippen LogP) is 3.65. The minimum atomic E-state index is -0.614. The molecule has 1 aliphatic rings. The maximum atomic E-state index is 13.6. The van der Waals surface area contributed by atoms with Crippen molar-refractivity contribution in [1.82, 2.24) is 20.2 Å². The second-order valence-corrected chi connectivity index (χ2v) is 9.76. The maximum absolute atomic E-state index is 13.6. The summed E-state index contributed by atoms with van der Waals surface area (Å²) in [6.07, 6.45) is 4.09. The van der Waals surface area contributed by atoms with E-state index in [-0.39, 0.29) is 5.56 Å². The first kappa shape index (κ1) is 21.6. The topological polar surface area (TPSA) is 93.1 Å². The van der Waals surface area contributed by atoms with E-state index in [2.05, 4.69) is 10.6 Å². The lowest BCUT2D eigenvalue weighted by molar-refractivity contribution is -0.119. The molecule has 0 radical (unpaired) electrons. The predicted molar refractivity (Wildman–Crippen MR) is 124 cm³/mol. The monoisotopic (exact) mass is 456 g/mol. The van der Waals surface area contributed by atoms with Crippen LogP contribution in [-0.2, 0) is 17.6 Å². The summed E-state index contributed by atoms with van der Waals surface area (Å²) in [5.74, 6) is -0.435. The zero-order valence-electron chi connectivity index (χ0n) is 17.4. The van der Waals surface area contributed by atoms with Crippen LogP contribution < -0.4 is 16.2 Å². The van der Waals surface area contributed by atoms with Crippen molar-refractivity contribution in [3.63, 3.8) is 0 Å². The number of rotatable bonds is 5. The van der Waals surface area contributed by atoms with Crippen molar-refractivity contribution in [3.8, 4) is 5.69 Å². The van der Waals surface area contributed by atoms with Gasteiger partial charge in [-0.1, -0.05) is 30.0 Å². The highest BCUT2D eigenvalue weighted by Gasteiger charge is 2.25. The molecule has 0 saturated carbocycles. The fourth-order valence-electron chi connectivity index (χ4n) is 3.70. The van der Waals surface area contributed by atoms with Gasteiger partial charge >= 0.3 is 6.03 Å². The van der Waals surface area contributed by atoms with Crippen molar-refractivity contribution in [2.24, 2.45) is 0 Å². The molecule has 2 aromatic heterocycles. The standard InChI is InChI=1S/C22H24N4O3S2/c1-3-23-21(29)24-18(27)13(2)30-22-25-19-17(15-11-7-8-12-16(15)31-19)20(28)26(22)14-9-5-4-6-10-14/h4-6,9-10,13H,3,7-8,11-12H2,1-2H3,(H2,23,24,27,29). The number of benzene rings is 1. The summed E-state index contributed by atoms with van der Waals surface area (Å²) in [6.45, 7) is 3.90. The molecule has 4 rings (SSSR count). The summed E-state index contributed by atoms with van der Waals surface area (Å²) < 4.78 is 1.59. The van der Waals surface area contributed by atoms with Crippen LogP contribution in [0.5, 0.6) is 0 Å². The number of aryl methyl sites for hydroxylation is 2. The van der Waals surface area contributed by atoms with Gasteiger partial charge in [0.2, 0.25) is 5.91 Å². The maximum Gasteiger partial charge on any atom is 0.321 e. The van der Waals surface area contributed by atoms with Gasteiger partial charge in [-0.25, -0.2) is 9.78 Å². The van der Waals surface area contributed by atoms with E-state index in [1.54, 1.807) is 29.8 Å². The molecule has 3 aromatic rings. The van der Waals surface area contributed by atoms with Gasteiger partial charge in [0.25, 0.3) is 5.56 Å². The van der Waals surface area contributed by atoms with Crippen molar-refractivity contribution in [2.45, 2.75) is 49.9 Å². The molecule has 9 heteroatoms. The molecular formula is C22H24N4O3S2. The molecule has 3 amide bonds. The van der Waals surface area contributed by atoms with Crippen LogP contribution in [0.3, 0.4) is 0 Å². The third kappa shape index (κ3) is 4.38. The van der Waals surface area contributed by atoms with E-state index >= 15 is 0 Å². The normalized spacial score (nSPS) is 14.1. The number of fused-ring (bicyclic) bond motifs is 3. The van der Waals surface area contributed by atoms with Crippen LogP contribution in [0.15, 0.2) is 40.3 Å². The molecule has 1 aliphatic carbocycles. The summed E-state index contributed by atoms with van der Waals surface area (Å²) in [7, 11) is 0. The number of aromatic nitrogens is 2. The van der Waals surface area contributed by atoms with Crippen LogP contribution in [0.4, 0.5) is 4.79 Å². The lowest BCUT2D eigenvalue weighted by Gasteiger charge is -2.16. The van der Waals surface area contributed by atoms with Gasteiger partial charge in [-0.2, -0.15) is 0 Å². The number of carbonyl (C=O) groups is 2. The van der Waals surface area contributed by atoms with E-state index in [0.717, 1.165) is 36.1 Å². The molecule has 0 bridgehead atoms.